The number of fused-ring (bicyclic) bond motifs is 10. The molecule has 0 fully saturated rings. The van der Waals surface area contributed by atoms with Gasteiger partial charge in [-0.1, -0.05) is 127 Å². The molecular weight excluding hydrogens is 539 g/mol. The fourth-order valence-electron chi connectivity index (χ4n) is 6.70. The van der Waals surface area contributed by atoms with Gasteiger partial charge in [0.05, 0.1) is 11.4 Å². The minimum atomic E-state index is 0.978. The maximum Gasteiger partial charge on any atom is 0.0715 e. The van der Waals surface area contributed by atoms with Crippen LogP contribution in [0, 0.1) is 0 Å². The summed E-state index contributed by atoms with van der Waals surface area (Å²) in [5, 5.41) is 10.5. The summed E-state index contributed by atoms with van der Waals surface area (Å²) >= 11 is 1.90. The van der Waals surface area contributed by atoms with Crippen LogP contribution in [-0.2, 0) is 0 Å². The third-order valence-corrected chi connectivity index (χ3v) is 9.83. The molecule has 0 aliphatic heterocycles. The van der Waals surface area contributed by atoms with Crippen LogP contribution in [-0.4, -0.2) is 4.98 Å². The SMILES string of the molecule is c1ccc(-c2cc(-c3cc4c(c5ccccc35)c3ccccc3c3sc5ccccc5c43)cc(-c3ccccc3)n2)cc1. The van der Waals surface area contributed by atoms with Crippen molar-refractivity contribution in [3.05, 3.63) is 152 Å². The van der Waals surface area contributed by atoms with Crippen LogP contribution in [0.2, 0.25) is 0 Å². The van der Waals surface area contributed by atoms with Crippen molar-refractivity contribution in [3.63, 3.8) is 0 Å². The first-order chi connectivity index (χ1) is 21.3. The zero-order chi connectivity index (χ0) is 28.3. The molecule has 9 rings (SSSR count). The third-order valence-electron chi connectivity index (χ3n) is 8.63. The van der Waals surface area contributed by atoms with E-state index >= 15 is 0 Å². The van der Waals surface area contributed by atoms with Gasteiger partial charge in [0.15, 0.2) is 0 Å². The number of benzene rings is 7. The van der Waals surface area contributed by atoms with Crippen molar-refractivity contribution in [2.24, 2.45) is 0 Å². The fraction of sp³-hybridized carbons (Fsp3) is 0. The summed E-state index contributed by atoms with van der Waals surface area (Å²) < 4.78 is 2.68. The molecule has 0 saturated carbocycles. The number of hydrogen-bond donors (Lipinski definition) is 0. The number of nitrogens with zero attached hydrogens (tertiary/aromatic N) is 1. The molecule has 0 N–H and O–H groups in total. The average molecular weight is 564 g/mol. The number of rotatable bonds is 3. The van der Waals surface area contributed by atoms with Gasteiger partial charge in [-0.15, -0.1) is 11.3 Å². The first-order valence-corrected chi connectivity index (χ1v) is 15.5. The molecule has 0 amide bonds. The Morgan fingerprint density at radius 1 is 0.372 bits per heavy atom. The molecule has 1 nitrogen and oxygen atoms in total. The predicted octanol–water partition coefficient (Wildman–Crippen LogP) is 11.9. The van der Waals surface area contributed by atoms with E-state index in [1.807, 2.05) is 11.3 Å². The van der Waals surface area contributed by atoms with Crippen molar-refractivity contribution >= 4 is 63.8 Å². The molecule has 0 bridgehead atoms. The van der Waals surface area contributed by atoms with Gasteiger partial charge >= 0.3 is 0 Å². The van der Waals surface area contributed by atoms with Crippen molar-refractivity contribution < 1.29 is 0 Å². The molecule has 2 heterocycles. The largest absolute Gasteiger partial charge is 0.248 e. The molecule has 9 aromatic rings. The Hall–Kier alpha value is -5.31. The topological polar surface area (TPSA) is 12.9 Å². The summed E-state index contributed by atoms with van der Waals surface area (Å²) in [6.45, 7) is 0. The van der Waals surface area contributed by atoms with Crippen LogP contribution < -0.4 is 0 Å². The van der Waals surface area contributed by atoms with Crippen molar-refractivity contribution in [1.29, 1.82) is 0 Å². The molecule has 2 aromatic heterocycles. The van der Waals surface area contributed by atoms with Gasteiger partial charge in [0.25, 0.3) is 0 Å². The second kappa shape index (κ2) is 9.62. The highest BCUT2D eigenvalue weighted by Gasteiger charge is 2.19. The van der Waals surface area contributed by atoms with Crippen LogP contribution >= 0.6 is 11.3 Å². The fourth-order valence-corrected chi connectivity index (χ4v) is 7.96. The lowest BCUT2D eigenvalue weighted by molar-refractivity contribution is 1.32. The molecule has 200 valence electrons. The lowest BCUT2D eigenvalue weighted by atomic mass is 9.88. The summed E-state index contributed by atoms with van der Waals surface area (Å²) in [6.07, 6.45) is 0. The van der Waals surface area contributed by atoms with E-state index < -0.39 is 0 Å². The molecular formula is C41H25NS. The van der Waals surface area contributed by atoms with Crippen molar-refractivity contribution in [2.75, 3.05) is 0 Å². The number of aromatic nitrogens is 1. The van der Waals surface area contributed by atoms with Gasteiger partial charge in [0.2, 0.25) is 0 Å². The number of hydrogen-bond acceptors (Lipinski definition) is 2. The van der Waals surface area contributed by atoms with Crippen LogP contribution in [0.15, 0.2) is 152 Å². The van der Waals surface area contributed by atoms with Crippen molar-refractivity contribution in [1.82, 2.24) is 4.98 Å². The Labute approximate surface area is 253 Å². The lowest BCUT2D eigenvalue weighted by Crippen LogP contribution is -1.92. The van der Waals surface area contributed by atoms with Gasteiger partial charge < -0.3 is 0 Å². The lowest BCUT2D eigenvalue weighted by Gasteiger charge is -2.16. The second-order valence-corrected chi connectivity index (χ2v) is 12.2. The van der Waals surface area contributed by atoms with Gasteiger partial charge in [-0.25, -0.2) is 4.98 Å². The van der Waals surface area contributed by atoms with Gasteiger partial charge in [0, 0.05) is 36.7 Å². The molecule has 2 heteroatoms. The Bertz CT molecular complexity index is 2430. The summed E-state index contributed by atoms with van der Waals surface area (Å²) in [7, 11) is 0. The molecule has 43 heavy (non-hydrogen) atoms. The van der Waals surface area contributed by atoms with E-state index in [9.17, 15) is 0 Å². The first-order valence-electron chi connectivity index (χ1n) is 14.6. The predicted molar refractivity (Wildman–Crippen MR) is 186 cm³/mol. The maximum atomic E-state index is 5.17. The summed E-state index contributed by atoms with van der Waals surface area (Å²) in [5.74, 6) is 0. The van der Waals surface area contributed by atoms with E-state index in [4.69, 9.17) is 4.98 Å². The van der Waals surface area contributed by atoms with E-state index in [1.54, 1.807) is 0 Å². The molecule has 7 aromatic carbocycles. The van der Waals surface area contributed by atoms with Gasteiger partial charge in [0.1, 0.15) is 0 Å². The zero-order valence-electron chi connectivity index (χ0n) is 23.3. The second-order valence-electron chi connectivity index (χ2n) is 11.1. The van der Waals surface area contributed by atoms with Crippen molar-refractivity contribution in [2.45, 2.75) is 0 Å². The highest BCUT2D eigenvalue weighted by molar-refractivity contribution is 7.27. The smallest absolute Gasteiger partial charge is 0.0715 e. The Morgan fingerprint density at radius 2 is 0.884 bits per heavy atom. The zero-order valence-corrected chi connectivity index (χ0v) is 24.1. The average Bonchev–Trinajstić information content (AvgIpc) is 3.49. The molecule has 0 unspecified atom stereocenters. The van der Waals surface area contributed by atoms with Crippen LogP contribution in [0.4, 0.5) is 0 Å². The third kappa shape index (κ3) is 3.81. The monoisotopic (exact) mass is 563 g/mol. The molecule has 0 atom stereocenters. The van der Waals surface area contributed by atoms with E-state index in [0.29, 0.717) is 0 Å². The standard InChI is InChI=1S/C41H25NS/c1-3-13-26(14-4-1)36-23-28(24-37(42-36)27-15-5-2-6-16-27)34-25-35-39(30-18-8-7-17-29(30)34)31-19-9-10-20-32(31)41-40(35)33-21-11-12-22-38(33)43-41/h1-25H. The van der Waals surface area contributed by atoms with E-state index in [-0.39, 0.29) is 0 Å². The van der Waals surface area contributed by atoms with Gasteiger partial charge in [-0.05, 0) is 62.3 Å². The molecule has 0 spiro atoms. The molecule has 0 aliphatic carbocycles. The first kappa shape index (κ1) is 24.3. The summed E-state index contributed by atoms with van der Waals surface area (Å²) in [5.41, 5.74) is 6.59. The summed E-state index contributed by atoms with van der Waals surface area (Å²) in [6, 6.07) is 54.7. The number of thiophene rings is 1. The molecule has 0 aliphatic rings. The Morgan fingerprint density at radius 3 is 1.53 bits per heavy atom. The quantitative estimate of drug-likeness (QED) is 0.195. The van der Waals surface area contributed by atoms with Gasteiger partial charge in [-0.2, -0.15) is 0 Å². The number of pyridine rings is 1. The van der Waals surface area contributed by atoms with Crippen LogP contribution in [0.25, 0.3) is 86.1 Å². The molecule has 0 saturated heterocycles. The normalized spacial score (nSPS) is 11.7. The van der Waals surface area contributed by atoms with Gasteiger partial charge in [-0.3, -0.25) is 0 Å². The summed E-state index contributed by atoms with van der Waals surface area (Å²) in [4.78, 5) is 5.17. The maximum absolute atomic E-state index is 5.17. The minimum absolute atomic E-state index is 0.978. The van der Waals surface area contributed by atoms with Crippen molar-refractivity contribution in [3.8, 4) is 33.6 Å². The van der Waals surface area contributed by atoms with E-state index in [0.717, 1.165) is 22.5 Å². The minimum Gasteiger partial charge on any atom is -0.248 e. The Kier molecular flexibility index (Phi) is 5.44. The van der Waals surface area contributed by atoms with E-state index in [2.05, 4.69) is 152 Å². The highest BCUT2D eigenvalue weighted by atomic mass is 32.1. The van der Waals surface area contributed by atoms with E-state index in [1.165, 1.54) is 63.6 Å². The van der Waals surface area contributed by atoms with Crippen LogP contribution in [0.3, 0.4) is 0 Å². The van der Waals surface area contributed by atoms with Crippen LogP contribution in [0.5, 0.6) is 0 Å². The Balaban J connectivity index is 1.46. The van der Waals surface area contributed by atoms with Crippen LogP contribution in [0.1, 0.15) is 0 Å². The molecule has 0 radical (unpaired) electrons. The highest BCUT2D eigenvalue weighted by Crippen LogP contribution is 2.48.